The van der Waals surface area contributed by atoms with Gasteiger partial charge >= 0.3 is 0 Å². The van der Waals surface area contributed by atoms with Crippen LogP contribution in [0.15, 0.2) is 58.6 Å². The van der Waals surface area contributed by atoms with Gasteiger partial charge < -0.3 is 9.97 Å². The molecular formula is C29H24Cl2N2O2. The molecule has 6 rings (SSSR count). The summed E-state index contributed by atoms with van der Waals surface area (Å²) in [5, 5.41) is 1.55. The smallest absolute Gasteiger partial charge is 0.207 e. The molecule has 1 fully saturated rings. The third-order valence-corrected chi connectivity index (χ3v) is 7.69. The number of allylic oxidation sites excluding steroid dienone is 4. The van der Waals surface area contributed by atoms with Crippen molar-refractivity contribution in [2.45, 2.75) is 44.9 Å². The second-order valence-corrected chi connectivity index (χ2v) is 11.2. The van der Waals surface area contributed by atoms with Crippen LogP contribution in [0.5, 0.6) is 0 Å². The summed E-state index contributed by atoms with van der Waals surface area (Å²) in [4.78, 5) is 34.8. The first-order valence-electron chi connectivity index (χ1n) is 11.8. The van der Waals surface area contributed by atoms with Crippen molar-refractivity contribution in [3.05, 3.63) is 81.1 Å². The number of hydrogen-bond donors (Lipinski definition) is 2. The van der Waals surface area contributed by atoms with Crippen LogP contribution in [-0.2, 0) is 15.0 Å². The van der Waals surface area contributed by atoms with Crippen molar-refractivity contribution in [2.75, 3.05) is 0 Å². The van der Waals surface area contributed by atoms with Crippen molar-refractivity contribution in [1.82, 2.24) is 9.97 Å². The Hall–Kier alpha value is -3.08. The quantitative estimate of drug-likeness (QED) is 0.283. The molecule has 6 heteroatoms. The number of carbonyl (C=O) groups excluding carboxylic acids is 2. The lowest BCUT2D eigenvalue weighted by atomic mass is 9.81. The standard InChI is InChI=1S/C29H24Cl2N2O2/c1-29(2,3)28-20(16-9-5-7-11-18(16)33-28)22-24(31)26(34)21(23(30)27(22)35)19-15-8-4-6-10-17(15)32-25(19)14-12-13-14/h4-11,14,32-33H,12-13H2,1-3H3. The van der Waals surface area contributed by atoms with Crippen molar-refractivity contribution in [3.63, 3.8) is 0 Å². The van der Waals surface area contributed by atoms with Gasteiger partial charge in [0.1, 0.15) is 10.1 Å². The molecule has 0 atom stereocenters. The number of rotatable bonds is 3. The van der Waals surface area contributed by atoms with Crippen molar-refractivity contribution < 1.29 is 9.59 Å². The van der Waals surface area contributed by atoms with Crippen molar-refractivity contribution in [1.29, 1.82) is 0 Å². The number of aromatic amines is 2. The fourth-order valence-electron chi connectivity index (χ4n) is 5.17. The van der Waals surface area contributed by atoms with Crippen LogP contribution in [0.4, 0.5) is 0 Å². The van der Waals surface area contributed by atoms with Crippen LogP contribution in [0.3, 0.4) is 0 Å². The summed E-state index contributed by atoms with van der Waals surface area (Å²) in [7, 11) is 0. The molecule has 0 unspecified atom stereocenters. The van der Waals surface area contributed by atoms with Crippen LogP contribution in [0.1, 0.15) is 62.0 Å². The van der Waals surface area contributed by atoms with E-state index >= 15 is 0 Å². The van der Waals surface area contributed by atoms with Crippen molar-refractivity contribution >= 4 is 67.7 Å². The van der Waals surface area contributed by atoms with Crippen molar-refractivity contribution in [3.8, 4) is 0 Å². The van der Waals surface area contributed by atoms with Gasteiger partial charge in [-0.3, -0.25) is 9.59 Å². The summed E-state index contributed by atoms with van der Waals surface area (Å²) in [6.07, 6.45) is 2.07. The Balaban J connectivity index is 1.60. The van der Waals surface area contributed by atoms with Crippen LogP contribution in [0, 0.1) is 0 Å². The molecule has 0 radical (unpaired) electrons. The fraction of sp³-hybridized carbons (Fsp3) is 0.241. The van der Waals surface area contributed by atoms with Gasteiger partial charge in [-0.1, -0.05) is 80.4 Å². The van der Waals surface area contributed by atoms with E-state index in [1.165, 1.54) is 0 Å². The predicted molar refractivity (Wildman–Crippen MR) is 143 cm³/mol. The largest absolute Gasteiger partial charge is 0.358 e. The maximum absolute atomic E-state index is 13.9. The first-order chi connectivity index (χ1) is 16.7. The summed E-state index contributed by atoms with van der Waals surface area (Å²) in [5.74, 6) is -0.515. The Morgan fingerprint density at radius 3 is 1.77 bits per heavy atom. The molecule has 2 heterocycles. The number of nitrogens with one attached hydrogen (secondary N) is 2. The van der Waals surface area contributed by atoms with Gasteiger partial charge in [0.2, 0.25) is 11.6 Å². The summed E-state index contributed by atoms with van der Waals surface area (Å²) in [6, 6.07) is 15.5. The molecule has 2 aliphatic carbocycles. The van der Waals surface area contributed by atoms with Gasteiger partial charge in [0.25, 0.3) is 0 Å². The Bertz CT molecular complexity index is 1640. The summed E-state index contributed by atoms with van der Waals surface area (Å²) < 4.78 is 0. The third kappa shape index (κ3) is 3.35. The summed E-state index contributed by atoms with van der Waals surface area (Å²) in [6.45, 7) is 6.17. The van der Waals surface area contributed by atoms with E-state index in [4.69, 9.17) is 23.2 Å². The van der Waals surface area contributed by atoms with Gasteiger partial charge in [0.15, 0.2) is 0 Å². The number of para-hydroxylation sites is 2. The van der Waals surface area contributed by atoms with Gasteiger partial charge in [-0.25, -0.2) is 0 Å². The van der Waals surface area contributed by atoms with E-state index in [1.807, 2.05) is 48.5 Å². The van der Waals surface area contributed by atoms with Crippen LogP contribution in [-0.4, -0.2) is 21.5 Å². The van der Waals surface area contributed by atoms with E-state index < -0.39 is 11.6 Å². The number of halogens is 2. The zero-order valence-corrected chi connectivity index (χ0v) is 21.2. The lowest BCUT2D eigenvalue weighted by molar-refractivity contribution is -0.113. The molecule has 2 aromatic heterocycles. The Labute approximate surface area is 213 Å². The van der Waals surface area contributed by atoms with Crippen LogP contribution in [0.25, 0.3) is 33.0 Å². The molecule has 0 bridgehead atoms. The van der Waals surface area contributed by atoms with Crippen LogP contribution < -0.4 is 0 Å². The van der Waals surface area contributed by atoms with Gasteiger partial charge in [-0.15, -0.1) is 0 Å². The summed E-state index contributed by atoms with van der Waals surface area (Å²) in [5.41, 5.74) is 4.98. The second-order valence-electron chi connectivity index (χ2n) is 10.4. The minimum atomic E-state index is -0.423. The molecule has 1 saturated carbocycles. The molecule has 4 aromatic rings. The Kier molecular flexibility index (Phi) is 4.93. The zero-order valence-electron chi connectivity index (χ0n) is 19.7. The Morgan fingerprint density at radius 1 is 0.743 bits per heavy atom. The highest BCUT2D eigenvalue weighted by Crippen LogP contribution is 2.49. The number of carbonyl (C=O) groups is 2. The van der Waals surface area contributed by atoms with Crippen LogP contribution >= 0.6 is 23.2 Å². The highest BCUT2D eigenvalue weighted by Gasteiger charge is 2.41. The average molecular weight is 503 g/mol. The second kappa shape index (κ2) is 7.71. The third-order valence-electron chi connectivity index (χ3n) is 6.97. The lowest BCUT2D eigenvalue weighted by Crippen LogP contribution is -2.22. The number of H-pyrrole nitrogens is 2. The number of hydrogen-bond acceptors (Lipinski definition) is 2. The fourth-order valence-corrected chi connectivity index (χ4v) is 5.72. The number of Topliss-reactive ketones (excluding diaryl/α,β-unsaturated/α-hetero) is 2. The highest BCUT2D eigenvalue weighted by atomic mass is 35.5. The molecular weight excluding hydrogens is 479 g/mol. The van der Waals surface area contributed by atoms with Gasteiger partial charge in [-0.2, -0.15) is 0 Å². The van der Waals surface area contributed by atoms with Gasteiger partial charge in [-0.05, 0) is 30.9 Å². The number of ketones is 2. The minimum absolute atomic E-state index is 0.0776. The molecule has 176 valence electrons. The summed E-state index contributed by atoms with van der Waals surface area (Å²) >= 11 is 13.6. The molecule has 0 saturated heterocycles. The van der Waals surface area contributed by atoms with E-state index in [-0.39, 0.29) is 26.6 Å². The average Bonchev–Trinajstić information content (AvgIpc) is 3.50. The Morgan fingerprint density at radius 2 is 1.23 bits per heavy atom. The SMILES string of the molecule is CC(C)(C)c1[nH]c2ccccc2c1C1=C(Cl)C(=O)C(c2c(C3CC3)[nH]c3ccccc23)=C(Cl)C1=O. The maximum atomic E-state index is 13.9. The highest BCUT2D eigenvalue weighted by molar-refractivity contribution is 6.68. The molecule has 0 aliphatic heterocycles. The van der Waals surface area contributed by atoms with E-state index in [9.17, 15) is 9.59 Å². The first-order valence-corrected chi connectivity index (χ1v) is 12.6. The lowest BCUT2D eigenvalue weighted by Gasteiger charge is -2.23. The molecule has 0 spiro atoms. The zero-order chi connectivity index (χ0) is 24.6. The minimum Gasteiger partial charge on any atom is -0.358 e. The van der Waals surface area contributed by atoms with Gasteiger partial charge in [0.05, 0.1) is 11.1 Å². The molecule has 2 aliphatic rings. The molecule has 2 aromatic carbocycles. The number of fused-ring (bicyclic) bond motifs is 2. The number of benzene rings is 2. The molecule has 4 nitrogen and oxygen atoms in total. The predicted octanol–water partition coefficient (Wildman–Crippen LogP) is 7.58. The van der Waals surface area contributed by atoms with Gasteiger partial charge in [0, 0.05) is 49.7 Å². The molecule has 0 amide bonds. The first kappa shape index (κ1) is 22.4. The van der Waals surface area contributed by atoms with E-state index in [2.05, 4.69) is 30.7 Å². The van der Waals surface area contributed by atoms with Crippen molar-refractivity contribution in [2.24, 2.45) is 0 Å². The maximum Gasteiger partial charge on any atom is 0.207 e. The normalized spacial score (nSPS) is 17.4. The topological polar surface area (TPSA) is 65.7 Å². The van der Waals surface area contributed by atoms with E-state index in [0.717, 1.165) is 46.0 Å². The van der Waals surface area contributed by atoms with E-state index in [0.29, 0.717) is 17.0 Å². The number of aromatic nitrogens is 2. The molecule has 2 N–H and O–H groups in total. The monoisotopic (exact) mass is 502 g/mol. The van der Waals surface area contributed by atoms with E-state index in [1.54, 1.807) is 0 Å². The molecule has 35 heavy (non-hydrogen) atoms. The van der Waals surface area contributed by atoms with Crippen LogP contribution in [0.2, 0.25) is 0 Å².